The molecule has 0 bridgehead atoms. The largest absolute Gasteiger partial charge is 0.493 e. The van der Waals surface area contributed by atoms with E-state index in [1.807, 2.05) is 18.2 Å². The van der Waals surface area contributed by atoms with Crippen LogP contribution in [0.3, 0.4) is 0 Å². The summed E-state index contributed by atoms with van der Waals surface area (Å²) in [6.07, 6.45) is 6.69. The molecule has 0 radical (unpaired) electrons. The van der Waals surface area contributed by atoms with Crippen LogP contribution in [0.1, 0.15) is 57.1 Å². The van der Waals surface area contributed by atoms with Crippen molar-refractivity contribution in [3.63, 3.8) is 0 Å². The van der Waals surface area contributed by atoms with Gasteiger partial charge in [0, 0.05) is 12.7 Å². The lowest BCUT2D eigenvalue weighted by Crippen LogP contribution is -2.49. The van der Waals surface area contributed by atoms with E-state index in [1.54, 1.807) is 7.11 Å². The zero-order valence-electron chi connectivity index (χ0n) is 13.2. The minimum atomic E-state index is -0.237. The number of hydrogen-bond donors (Lipinski definition) is 2. The van der Waals surface area contributed by atoms with Crippen molar-refractivity contribution in [2.45, 2.75) is 57.1 Å². The maximum atomic E-state index is 5.95. The van der Waals surface area contributed by atoms with Gasteiger partial charge in [0.25, 0.3) is 0 Å². The van der Waals surface area contributed by atoms with Crippen LogP contribution in [0, 0.1) is 0 Å². The maximum Gasteiger partial charge on any atom is 0.124 e. The average molecular weight is 292 g/mol. The van der Waals surface area contributed by atoms with Crippen LogP contribution >= 0.6 is 0 Å². The van der Waals surface area contributed by atoms with Crippen molar-refractivity contribution >= 4 is 0 Å². The zero-order chi connectivity index (χ0) is 15.1. The molecule has 1 aliphatic rings. The second-order valence-electron chi connectivity index (χ2n) is 5.82. The third kappa shape index (κ3) is 3.57. The van der Waals surface area contributed by atoms with Crippen molar-refractivity contribution in [3.05, 3.63) is 29.8 Å². The topological polar surface area (TPSA) is 56.5 Å². The Hall–Kier alpha value is -1.10. The first-order valence-electron chi connectivity index (χ1n) is 8.00. The summed E-state index contributed by atoms with van der Waals surface area (Å²) in [5.41, 5.74) is 3.85. The summed E-state index contributed by atoms with van der Waals surface area (Å²) in [5.74, 6) is 6.82. The van der Waals surface area contributed by atoms with Gasteiger partial charge in [-0.25, -0.2) is 5.43 Å². The molecule has 1 saturated carbocycles. The van der Waals surface area contributed by atoms with Crippen molar-refractivity contribution in [2.24, 2.45) is 5.84 Å². The lowest BCUT2D eigenvalue weighted by Gasteiger charge is -2.42. The van der Waals surface area contributed by atoms with Crippen LogP contribution in [0.2, 0.25) is 0 Å². The molecule has 118 valence electrons. The predicted molar refractivity (Wildman–Crippen MR) is 85.1 cm³/mol. The Labute approximate surface area is 128 Å². The maximum absolute atomic E-state index is 5.95. The summed E-state index contributed by atoms with van der Waals surface area (Å²) in [4.78, 5) is 0. The summed E-state index contributed by atoms with van der Waals surface area (Å²) in [5, 5.41) is 0. The molecule has 1 aliphatic carbocycles. The third-order valence-electron chi connectivity index (χ3n) is 4.49. The van der Waals surface area contributed by atoms with E-state index in [2.05, 4.69) is 18.4 Å². The Morgan fingerprint density at radius 3 is 2.57 bits per heavy atom. The number of nitrogens with one attached hydrogen (secondary N) is 1. The predicted octanol–water partition coefficient (Wildman–Crippen LogP) is 3.33. The molecule has 1 aromatic rings. The molecule has 1 aromatic carbocycles. The number of ether oxygens (including phenoxy) is 2. The number of nitrogens with two attached hydrogens (primary N) is 1. The summed E-state index contributed by atoms with van der Waals surface area (Å²) in [6, 6.07) is 8.09. The van der Waals surface area contributed by atoms with Gasteiger partial charge in [0.15, 0.2) is 0 Å². The van der Waals surface area contributed by atoms with Crippen molar-refractivity contribution in [1.82, 2.24) is 5.43 Å². The van der Waals surface area contributed by atoms with E-state index in [1.165, 1.54) is 19.3 Å². The number of para-hydroxylation sites is 1. The standard InChI is InChI=1S/C17H28N2O2/c1-3-13-21-15-10-6-5-9-14(15)16(19-18)17(20-2)11-7-4-8-12-17/h5-6,9-10,16,19H,3-4,7-8,11-13,18H2,1-2H3. The number of benzene rings is 1. The van der Waals surface area contributed by atoms with E-state index >= 15 is 0 Å². The highest BCUT2D eigenvalue weighted by molar-refractivity contribution is 5.37. The zero-order valence-corrected chi connectivity index (χ0v) is 13.2. The SMILES string of the molecule is CCCOc1ccccc1C(NN)C1(OC)CCCCC1. The van der Waals surface area contributed by atoms with Crippen LogP contribution < -0.4 is 16.0 Å². The highest BCUT2D eigenvalue weighted by atomic mass is 16.5. The van der Waals surface area contributed by atoms with Crippen molar-refractivity contribution in [1.29, 1.82) is 0 Å². The van der Waals surface area contributed by atoms with E-state index in [0.717, 1.165) is 30.6 Å². The second kappa shape index (κ2) is 7.78. The van der Waals surface area contributed by atoms with Gasteiger partial charge in [-0.15, -0.1) is 0 Å². The molecule has 4 nitrogen and oxygen atoms in total. The highest BCUT2D eigenvalue weighted by Crippen LogP contribution is 2.43. The molecule has 0 saturated heterocycles. The number of methoxy groups -OCH3 is 1. The lowest BCUT2D eigenvalue weighted by atomic mass is 9.76. The van der Waals surface area contributed by atoms with Crippen LogP contribution in [0.25, 0.3) is 0 Å². The molecule has 3 N–H and O–H groups in total. The fraction of sp³-hybridized carbons (Fsp3) is 0.647. The van der Waals surface area contributed by atoms with Crippen molar-refractivity contribution in [2.75, 3.05) is 13.7 Å². The molecule has 0 aromatic heterocycles. The fourth-order valence-electron chi connectivity index (χ4n) is 3.35. The first-order valence-corrected chi connectivity index (χ1v) is 8.00. The Bertz CT molecular complexity index is 431. The first-order chi connectivity index (χ1) is 10.3. The molecule has 1 fully saturated rings. The van der Waals surface area contributed by atoms with Crippen molar-refractivity contribution in [3.8, 4) is 5.75 Å². The minimum Gasteiger partial charge on any atom is -0.493 e. The monoisotopic (exact) mass is 292 g/mol. The molecule has 1 atom stereocenters. The van der Waals surface area contributed by atoms with Gasteiger partial charge >= 0.3 is 0 Å². The molecule has 0 heterocycles. The van der Waals surface area contributed by atoms with E-state index in [0.29, 0.717) is 6.61 Å². The number of hydrazine groups is 1. The molecule has 0 aliphatic heterocycles. The molecule has 2 rings (SSSR count). The van der Waals surface area contributed by atoms with E-state index < -0.39 is 0 Å². The van der Waals surface area contributed by atoms with E-state index in [-0.39, 0.29) is 11.6 Å². The normalized spacial score (nSPS) is 19.2. The van der Waals surface area contributed by atoms with Gasteiger partial charge in [0.05, 0.1) is 18.2 Å². The summed E-state index contributed by atoms with van der Waals surface area (Å²) in [7, 11) is 1.80. The highest BCUT2D eigenvalue weighted by Gasteiger charge is 2.41. The molecular weight excluding hydrogens is 264 g/mol. The lowest BCUT2D eigenvalue weighted by molar-refractivity contribution is -0.0693. The Balaban J connectivity index is 2.31. The van der Waals surface area contributed by atoms with Crippen molar-refractivity contribution < 1.29 is 9.47 Å². The number of hydrogen-bond acceptors (Lipinski definition) is 4. The quantitative estimate of drug-likeness (QED) is 0.598. The Morgan fingerprint density at radius 2 is 1.95 bits per heavy atom. The second-order valence-corrected chi connectivity index (χ2v) is 5.82. The number of rotatable bonds is 7. The summed E-state index contributed by atoms with van der Waals surface area (Å²) < 4.78 is 11.8. The van der Waals surface area contributed by atoms with Gasteiger partial charge in [-0.05, 0) is 25.3 Å². The smallest absolute Gasteiger partial charge is 0.124 e. The van der Waals surface area contributed by atoms with E-state index in [4.69, 9.17) is 15.3 Å². The average Bonchev–Trinajstić information content (AvgIpc) is 2.55. The van der Waals surface area contributed by atoms with Gasteiger partial charge in [0.2, 0.25) is 0 Å². The van der Waals surface area contributed by atoms with Crippen LogP contribution in [0.4, 0.5) is 0 Å². The summed E-state index contributed by atoms with van der Waals surface area (Å²) >= 11 is 0. The van der Waals surface area contributed by atoms with Gasteiger partial charge in [-0.2, -0.15) is 0 Å². The Morgan fingerprint density at radius 1 is 1.24 bits per heavy atom. The van der Waals surface area contributed by atoms with Gasteiger partial charge in [-0.1, -0.05) is 44.4 Å². The molecule has 0 spiro atoms. The van der Waals surface area contributed by atoms with Crippen LogP contribution in [0.5, 0.6) is 5.75 Å². The van der Waals surface area contributed by atoms with Gasteiger partial charge in [-0.3, -0.25) is 5.84 Å². The molecule has 4 heteroatoms. The Kier molecular flexibility index (Phi) is 6.03. The van der Waals surface area contributed by atoms with Gasteiger partial charge < -0.3 is 9.47 Å². The molecule has 0 amide bonds. The van der Waals surface area contributed by atoms with Crippen LogP contribution in [-0.2, 0) is 4.74 Å². The minimum absolute atomic E-state index is 0.0455. The summed E-state index contributed by atoms with van der Waals surface area (Å²) in [6.45, 7) is 2.83. The molecule has 21 heavy (non-hydrogen) atoms. The van der Waals surface area contributed by atoms with Crippen LogP contribution in [-0.4, -0.2) is 19.3 Å². The molecular formula is C17H28N2O2. The van der Waals surface area contributed by atoms with E-state index in [9.17, 15) is 0 Å². The molecule has 1 unspecified atom stereocenters. The van der Waals surface area contributed by atoms with Crippen LogP contribution in [0.15, 0.2) is 24.3 Å². The fourth-order valence-corrected chi connectivity index (χ4v) is 3.35. The first kappa shape index (κ1) is 16.3. The third-order valence-corrected chi connectivity index (χ3v) is 4.49. The van der Waals surface area contributed by atoms with Gasteiger partial charge in [0.1, 0.15) is 5.75 Å².